The van der Waals surface area contributed by atoms with Gasteiger partial charge in [-0.1, -0.05) is 97.8 Å². The Morgan fingerprint density at radius 2 is 0.824 bits per heavy atom. The number of aryl methyl sites for hydroxylation is 2. The zero-order valence-electron chi connectivity index (χ0n) is 21.7. The van der Waals surface area contributed by atoms with Crippen molar-refractivity contribution in [2.75, 3.05) is 28.2 Å². The largest absolute Gasteiger partial charge is 4.00 e. The molecule has 0 aliphatic rings. The van der Waals surface area contributed by atoms with Crippen LogP contribution in [0.1, 0.15) is 36.4 Å². The summed E-state index contributed by atoms with van der Waals surface area (Å²) in [7, 11) is 7.00. The summed E-state index contributed by atoms with van der Waals surface area (Å²) in [6, 6.07) is 25.5. The maximum absolute atomic E-state index is 4.91. The zero-order chi connectivity index (χ0) is 24.4. The molecule has 176 valence electrons. The van der Waals surface area contributed by atoms with Crippen molar-refractivity contribution in [3.05, 3.63) is 106 Å². The molecule has 0 N–H and O–H groups in total. The first-order valence-electron chi connectivity index (χ1n) is 11.1. The fourth-order valence-electron chi connectivity index (χ4n) is 3.32. The van der Waals surface area contributed by atoms with Crippen LogP contribution in [0.5, 0.6) is 0 Å². The molecule has 0 saturated heterocycles. The van der Waals surface area contributed by atoms with Gasteiger partial charge in [0, 0.05) is 0 Å². The number of benzene rings is 2. The molecule has 4 rings (SSSR count). The van der Waals surface area contributed by atoms with Crippen molar-refractivity contribution in [3.63, 3.8) is 0 Å². The topological polar surface area (TPSA) is 56.4 Å². The third-order valence-electron chi connectivity index (χ3n) is 5.26. The van der Waals surface area contributed by atoms with E-state index in [-0.39, 0.29) is 27.1 Å². The smallest absolute Gasteiger partial charge is 0.668 e. The second kappa shape index (κ2) is 14.1. The van der Waals surface area contributed by atoms with Crippen LogP contribution >= 0.6 is 0 Å². The van der Waals surface area contributed by atoms with E-state index in [0.717, 1.165) is 33.9 Å². The molecule has 0 fully saturated rings. The minimum Gasteiger partial charge on any atom is -0.668 e. The van der Waals surface area contributed by atoms with Gasteiger partial charge in [-0.3, -0.25) is 0 Å². The van der Waals surface area contributed by atoms with Crippen molar-refractivity contribution in [1.82, 2.24) is 9.97 Å². The van der Waals surface area contributed by atoms with Gasteiger partial charge in [0.1, 0.15) is 0 Å². The molecule has 4 aromatic rings. The van der Waals surface area contributed by atoms with Gasteiger partial charge >= 0.3 is 21.7 Å². The number of aromatic nitrogens is 2. The van der Waals surface area contributed by atoms with Crippen LogP contribution in [0.15, 0.2) is 72.8 Å². The maximum atomic E-state index is 4.91. The van der Waals surface area contributed by atoms with Crippen LogP contribution in [0.2, 0.25) is 0 Å². The second-order valence-electron chi connectivity index (χ2n) is 8.68. The molecule has 0 bridgehead atoms. The number of nitrogens with zero attached hydrogens (tertiary/aromatic N) is 4. The fourth-order valence-corrected chi connectivity index (χ4v) is 3.32. The molecule has 0 saturated carbocycles. The summed E-state index contributed by atoms with van der Waals surface area (Å²) in [4.78, 5) is 9.82. The van der Waals surface area contributed by atoms with Crippen LogP contribution in [0.25, 0.3) is 33.1 Å². The van der Waals surface area contributed by atoms with Crippen molar-refractivity contribution < 1.29 is 21.7 Å². The Balaban J connectivity index is 0.000000751. The summed E-state index contributed by atoms with van der Waals surface area (Å²) in [6.07, 6.45) is 0. The molecular weight excluding hydrogens is 452 g/mol. The van der Waals surface area contributed by atoms with Crippen LogP contribution in [0.4, 0.5) is 0 Å². The van der Waals surface area contributed by atoms with E-state index in [2.05, 4.69) is 111 Å². The van der Waals surface area contributed by atoms with E-state index >= 15 is 0 Å². The van der Waals surface area contributed by atoms with E-state index in [1.54, 1.807) is 28.2 Å². The molecular formula is C29H36N4Ti. The van der Waals surface area contributed by atoms with E-state index < -0.39 is 0 Å². The summed E-state index contributed by atoms with van der Waals surface area (Å²) in [5, 5.41) is 7.00. The first kappa shape index (κ1) is 29.7. The van der Waals surface area contributed by atoms with Gasteiger partial charge < -0.3 is 20.6 Å². The predicted octanol–water partition coefficient (Wildman–Crippen LogP) is 7.11. The summed E-state index contributed by atoms with van der Waals surface area (Å²) < 4.78 is 0. The standard InChI is InChI=1S/C25H24N2.2C2H6N.Ti/c1-17-5-9-19(10-6-17)21-13-15-23(26-21)25(3,4)24-16-14-22(27-24)20-11-7-18(2)8-12-20;2*1-3-2;/h5-16H,1-4H3;2*1-2H3;/q-2;2*-1;+4. The molecule has 0 amide bonds. The molecule has 0 aliphatic carbocycles. The number of hydrogen-bond donors (Lipinski definition) is 0. The van der Waals surface area contributed by atoms with E-state index in [1.165, 1.54) is 11.1 Å². The third-order valence-corrected chi connectivity index (χ3v) is 5.26. The molecule has 5 heteroatoms. The van der Waals surface area contributed by atoms with Crippen LogP contribution in [0.3, 0.4) is 0 Å². The van der Waals surface area contributed by atoms with Gasteiger partial charge in [-0.25, -0.2) is 0 Å². The summed E-state index contributed by atoms with van der Waals surface area (Å²) in [6.45, 7) is 8.58. The molecule has 0 atom stereocenters. The van der Waals surface area contributed by atoms with Crippen molar-refractivity contribution in [3.8, 4) is 22.5 Å². The molecule has 2 aromatic carbocycles. The fraction of sp³-hybridized carbons (Fsp3) is 0.310. The van der Waals surface area contributed by atoms with E-state index in [1.807, 2.05) is 0 Å². The van der Waals surface area contributed by atoms with Crippen molar-refractivity contribution in [2.24, 2.45) is 0 Å². The molecule has 34 heavy (non-hydrogen) atoms. The minimum absolute atomic E-state index is 0. The third kappa shape index (κ3) is 7.85. The molecule has 0 spiro atoms. The Hall–Kier alpha value is -2.37. The second-order valence-corrected chi connectivity index (χ2v) is 8.68. The van der Waals surface area contributed by atoms with E-state index in [9.17, 15) is 0 Å². The SMILES string of the molecule is C[N-]C.C[N-]C.Cc1ccc(-c2ccc(C(C)(C)c3ccc(-c4ccc(C)cc4)[n-]3)[n-]2)cc1.[Ti+4]. The van der Waals surface area contributed by atoms with Gasteiger partial charge in [0.15, 0.2) is 0 Å². The molecule has 0 unspecified atom stereocenters. The summed E-state index contributed by atoms with van der Waals surface area (Å²) in [5.41, 5.74) is 8.71. The first-order valence-corrected chi connectivity index (χ1v) is 11.1. The van der Waals surface area contributed by atoms with Crippen LogP contribution < -0.4 is 9.97 Å². The molecule has 0 radical (unpaired) electrons. The summed E-state index contributed by atoms with van der Waals surface area (Å²) in [5.74, 6) is 0. The minimum atomic E-state index is -0.244. The van der Waals surface area contributed by atoms with E-state index in [0.29, 0.717) is 0 Å². The van der Waals surface area contributed by atoms with Gasteiger partial charge in [-0.05, 0) is 30.4 Å². The zero-order valence-corrected chi connectivity index (χ0v) is 23.3. The monoisotopic (exact) mass is 488 g/mol. The Labute approximate surface area is 220 Å². The van der Waals surface area contributed by atoms with Gasteiger partial charge in [0.05, 0.1) is 0 Å². The molecule has 2 aromatic heterocycles. The van der Waals surface area contributed by atoms with Crippen molar-refractivity contribution >= 4 is 0 Å². The number of hydrogen-bond acceptors (Lipinski definition) is 0. The molecule has 4 nitrogen and oxygen atoms in total. The Kier molecular flexibility index (Phi) is 12.3. The van der Waals surface area contributed by atoms with Crippen LogP contribution in [-0.2, 0) is 27.1 Å². The number of rotatable bonds is 4. The summed E-state index contributed by atoms with van der Waals surface area (Å²) >= 11 is 0. The van der Waals surface area contributed by atoms with Gasteiger partial charge in [0.25, 0.3) is 0 Å². The van der Waals surface area contributed by atoms with Gasteiger partial charge in [-0.15, -0.1) is 11.4 Å². The average molecular weight is 489 g/mol. The first-order chi connectivity index (χ1) is 15.8. The Morgan fingerprint density at radius 1 is 0.529 bits per heavy atom. The van der Waals surface area contributed by atoms with Crippen molar-refractivity contribution in [2.45, 2.75) is 33.1 Å². The van der Waals surface area contributed by atoms with Gasteiger partial charge in [0.2, 0.25) is 0 Å². The predicted molar refractivity (Wildman–Crippen MR) is 142 cm³/mol. The maximum Gasteiger partial charge on any atom is 4.00 e. The van der Waals surface area contributed by atoms with Crippen LogP contribution in [-0.4, -0.2) is 28.2 Å². The molecule has 0 aliphatic heterocycles. The van der Waals surface area contributed by atoms with Gasteiger partial charge in [-0.2, -0.15) is 39.6 Å². The normalized spacial score (nSPS) is 10.4. The van der Waals surface area contributed by atoms with E-state index in [4.69, 9.17) is 9.97 Å². The molecule has 2 heterocycles. The van der Waals surface area contributed by atoms with Crippen LogP contribution in [0, 0.1) is 13.8 Å². The Morgan fingerprint density at radius 3 is 1.12 bits per heavy atom. The quantitative estimate of drug-likeness (QED) is 0.287. The van der Waals surface area contributed by atoms with Crippen molar-refractivity contribution in [1.29, 1.82) is 0 Å². The Bertz CT molecular complexity index is 1000. The average Bonchev–Trinajstić information content (AvgIpc) is 3.47.